The van der Waals surface area contributed by atoms with E-state index >= 15 is 0 Å². The van der Waals surface area contributed by atoms with E-state index in [0.717, 1.165) is 11.8 Å². The molecule has 5 rings (SSSR count). The normalized spacial score (nSPS) is 39.5. The summed E-state index contributed by atoms with van der Waals surface area (Å²) in [6.07, 6.45) is 7.68. The standard InChI is InChI=1S/C17H20N2O/c18-9-12-2-1-3-19-16(12)17(20)15-13-5-10-4-11(7-13)8-14(15)6-10/h1-3,10-11,13-15,17,20H,4-8H2. The zero-order chi connectivity index (χ0) is 13.7. The molecule has 1 aromatic rings. The fourth-order valence-corrected chi connectivity index (χ4v) is 5.41. The number of pyridine rings is 1. The van der Waals surface area contributed by atoms with Crippen molar-refractivity contribution < 1.29 is 5.11 Å². The minimum atomic E-state index is -0.555. The molecule has 104 valence electrons. The first-order valence-corrected chi connectivity index (χ1v) is 7.79. The highest BCUT2D eigenvalue weighted by Crippen LogP contribution is 2.59. The number of aromatic nitrogens is 1. The van der Waals surface area contributed by atoms with Crippen LogP contribution in [0.1, 0.15) is 49.5 Å². The number of nitriles is 1. The minimum absolute atomic E-state index is 0.324. The fourth-order valence-electron chi connectivity index (χ4n) is 5.41. The summed E-state index contributed by atoms with van der Waals surface area (Å²) in [6.45, 7) is 0. The highest BCUT2D eigenvalue weighted by molar-refractivity contribution is 5.34. The molecule has 1 unspecified atom stereocenters. The van der Waals surface area contributed by atoms with Gasteiger partial charge in [0.15, 0.2) is 0 Å². The van der Waals surface area contributed by atoms with Gasteiger partial charge in [-0.15, -0.1) is 0 Å². The quantitative estimate of drug-likeness (QED) is 0.896. The van der Waals surface area contributed by atoms with Gasteiger partial charge in [0.25, 0.3) is 0 Å². The van der Waals surface area contributed by atoms with E-state index in [4.69, 9.17) is 0 Å². The Hall–Kier alpha value is -1.40. The van der Waals surface area contributed by atoms with Crippen molar-refractivity contribution in [2.45, 2.75) is 38.2 Å². The Bertz CT molecular complexity index is 534. The molecular weight excluding hydrogens is 248 g/mol. The molecule has 1 atom stereocenters. The largest absolute Gasteiger partial charge is 0.386 e. The van der Waals surface area contributed by atoms with Gasteiger partial charge < -0.3 is 5.11 Å². The van der Waals surface area contributed by atoms with Crippen molar-refractivity contribution in [1.82, 2.24) is 4.98 Å². The van der Waals surface area contributed by atoms with Crippen molar-refractivity contribution in [1.29, 1.82) is 5.26 Å². The summed E-state index contributed by atoms with van der Waals surface area (Å²) in [4.78, 5) is 4.31. The molecule has 0 radical (unpaired) electrons. The van der Waals surface area contributed by atoms with Crippen LogP contribution in [0.15, 0.2) is 18.3 Å². The smallest absolute Gasteiger partial charge is 0.101 e. The molecule has 0 amide bonds. The molecule has 4 fully saturated rings. The van der Waals surface area contributed by atoms with Crippen LogP contribution in [0, 0.1) is 40.9 Å². The minimum Gasteiger partial charge on any atom is -0.386 e. The Morgan fingerprint density at radius 3 is 2.40 bits per heavy atom. The SMILES string of the molecule is N#Cc1cccnc1C(O)C1C2CC3CC(C2)CC1C3. The second-order valence-corrected chi connectivity index (χ2v) is 7.00. The van der Waals surface area contributed by atoms with E-state index in [-0.39, 0.29) is 0 Å². The lowest BCUT2D eigenvalue weighted by molar-refractivity contribution is -0.0919. The molecule has 3 nitrogen and oxygen atoms in total. The maximum absolute atomic E-state index is 10.9. The Kier molecular flexibility index (Phi) is 2.82. The summed E-state index contributed by atoms with van der Waals surface area (Å²) in [6, 6.07) is 5.71. The lowest BCUT2D eigenvalue weighted by Crippen LogP contribution is -2.47. The third kappa shape index (κ3) is 1.78. The van der Waals surface area contributed by atoms with Crippen LogP contribution in [-0.2, 0) is 0 Å². The van der Waals surface area contributed by atoms with E-state index in [1.54, 1.807) is 18.3 Å². The average Bonchev–Trinajstić information content (AvgIpc) is 2.46. The molecule has 0 aromatic carbocycles. The number of hydrogen-bond donors (Lipinski definition) is 1. The van der Waals surface area contributed by atoms with Crippen molar-refractivity contribution in [2.75, 3.05) is 0 Å². The van der Waals surface area contributed by atoms with E-state index in [1.165, 1.54) is 32.1 Å². The van der Waals surface area contributed by atoms with E-state index in [2.05, 4.69) is 11.1 Å². The van der Waals surface area contributed by atoms with Gasteiger partial charge in [0.2, 0.25) is 0 Å². The van der Waals surface area contributed by atoms with Crippen LogP contribution in [0.5, 0.6) is 0 Å². The number of hydrogen-bond acceptors (Lipinski definition) is 3. The molecule has 20 heavy (non-hydrogen) atoms. The molecule has 0 spiro atoms. The number of nitrogens with zero attached hydrogens (tertiary/aromatic N) is 2. The Labute approximate surface area is 119 Å². The second kappa shape index (κ2) is 4.56. The lowest BCUT2D eigenvalue weighted by Gasteiger charge is -2.55. The molecule has 0 aliphatic heterocycles. The third-order valence-corrected chi connectivity index (χ3v) is 5.90. The molecule has 4 bridgehead atoms. The second-order valence-electron chi connectivity index (χ2n) is 7.00. The van der Waals surface area contributed by atoms with Crippen molar-refractivity contribution in [3.8, 4) is 6.07 Å². The molecule has 4 saturated carbocycles. The van der Waals surface area contributed by atoms with E-state index < -0.39 is 6.10 Å². The van der Waals surface area contributed by atoms with E-state index in [0.29, 0.717) is 29.0 Å². The third-order valence-electron chi connectivity index (χ3n) is 5.90. The Morgan fingerprint density at radius 2 is 1.80 bits per heavy atom. The van der Waals surface area contributed by atoms with Crippen molar-refractivity contribution in [2.24, 2.45) is 29.6 Å². The lowest BCUT2D eigenvalue weighted by atomic mass is 9.50. The molecule has 1 N–H and O–H groups in total. The topological polar surface area (TPSA) is 56.9 Å². The van der Waals surface area contributed by atoms with Crippen LogP contribution in [0.25, 0.3) is 0 Å². The van der Waals surface area contributed by atoms with Crippen LogP contribution in [-0.4, -0.2) is 10.1 Å². The van der Waals surface area contributed by atoms with Crippen LogP contribution in [0.4, 0.5) is 0 Å². The summed E-state index contributed by atoms with van der Waals surface area (Å²) in [5.74, 6) is 3.43. The number of aliphatic hydroxyl groups is 1. The molecule has 0 saturated heterocycles. The van der Waals surface area contributed by atoms with Crippen molar-refractivity contribution in [3.63, 3.8) is 0 Å². The maximum atomic E-state index is 10.9. The van der Waals surface area contributed by atoms with Gasteiger partial charge in [-0.05, 0) is 73.8 Å². The van der Waals surface area contributed by atoms with Gasteiger partial charge in [0, 0.05) is 6.20 Å². The predicted octanol–water partition coefficient (Wildman–Crippen LogP) is 3.06. The van der Waals surface area contributed by atoms with Crippen LogP contribution in [0.3, 0.4) is 0 Å². The van der Waals surface area contributed by atoms with Gasteiger partial charge >= 0.3 is 0 Å². The van der Waals surface area contributed by atoms with Crippen molar-refractivity contribution >= 4 is 0 Å². The molecular formula is C17H20N2O. The average molecular weight is 268 g/mol. The first-order valence-electron chi connectivity index (χ1n) is 7.79. The van der Waals surface area contributed by atoms with E-state index in [9.17, 15) is 10.4 Å². The van der Waals surface area contributed by atoms with E-state index in [1.807, 2.05) is 0 Å². The zero-order valence-electron chi connectivity index (χ0n) is 11.6. The van der Waals surface area contributed by atoms with Crippen LogP contribution < -0.4 is 0 Å². The zero-order valence-corrected chi connectivity index (χ0v) is 11.6. The first-order chi connectivity index (χ1) is 9.76. The summed E-state index contributed by atoms with van der Waals surface area (Å²) in [7, 11) is 0. The van der Waals surface area contributed by atoms with Gasteiger partial charge in [0.05, 0.1) is 11.3 Å². The van der Waals surface area contributed by atoms with Crippen molar-refractivity contribution in [3.05, 3.63) is 29.6 Å². The van der Waals surface area contributed by atoms with Gasteiger partial charge in [-0.1, -0.05) is 0 Å². The summed E-state index contributed by atoms with van der Waals surface area (Å²) < 4.78 is 0. The summed E-state index contributed by atoms with van der Waals surface area (Å²) in [5.41, 5.74) is 1.14. The molecule has 1 heterocycles. The van der Waals surface area contributed by atoms with Gasteiger partial charge in [-0.25, -0.2) is 0 Å². The number of rotatable bonds is 2. The maximum Gasteiger partial charge on any atom is 0.101 e. The Balaban J connectivity index is 1.66. The molecule has 1 aromatic heterocycles. The Morgan fingerprint density at radius 1 is 1.15 bits per heavy atom. The van der Waals surface area contributed by atoms with Crippen LogP contribution >= 0.6 is 0 Å². The van der Waals surface area contributed by atoms with Gasteiger partial charge in [-0.2, -0.15) is 5.26 Å². The monoisotopic (exact) mass is 268 g/mol. The molecule has 4 aliphatic rings. The first kappa shape index (κ1) is 12.3. The predicted molar refractivity (Wildman–Crippen MR) is 74.4 cm³/mol. The molecule has 3 heteroatoms. The highest BCUT2D eigenvalue weighted by Gasteiger charge is 2.51. The fraction of sp³-hybridized carbons (Fsp3) is 0.647. The highest BCUT2D eigenvalue weighted by atomic mass is 16.3. The summed E-state index contributed by atoms with van der Waals surface area (Å²) >= 11 is 0. The van der Waals surface area contributed by atoms with Gasteiger partial charge in [0.1, 0.15) is 12.2 Å². The number of aliphatic hydroxyl groups excluding tert-OH is 1. The van der Waals surface area contributed by atoms with Crippen LogP contribution in [0.2, 0.25) is 0 Å². The molecule has 4 aliphatic carbocycles. The summed E-state index contributed by atoms with van der Waals surface area (Å²) in [5, 5.41) is 20.1. The van der Waals surface area contributed by atoms with Gasteiger partial charge in [-0.3, -0.25) is 4.98 Å².